The van der Waals surface area contributed by atoms with E-state index in [9.17, 15) is 9.59 Å². The van der Waals surface area contributed by atoms with E-state index in [1.807, 2.05) is 0 Å². The fraction of sp³-hybridized carbons (Fsp3) is 0.0769. The molecule has 0 aliphatic heterocycles. The maximum Gasteiger partial charge on any atom is 0.267 e. The predicted molar refractivity (Wildman–Crippen MR) is 77.2 cm³/mol. The minimum Gasteiger partial charge on any atom is -0.313 e. The van der Waals surface area contributed by atoms with E-state index in [1.165, 1.54) is 17.7 Å². The maximum absolute atomic E-state index is 12.2. The highest BCUT2D eigenvalue weighted by molar-refractivity contribution is 7.20. The van der Waals surface area contributed by atoms with Gasteiger partial charge in [-0.25, -0.2) is 9.97 Å². The Labute approximate surface area is 117 Å². The van der Waals surface area contributed by atoms with Crippen LogP contribution in [0.1, 0.15) is 15.2 Å². The summed E-state index contributed by atoms with van der Waals surface area (Å²) in [5.41, 5.74) is 0.397. The predicted octanol–water partition coefficient (Wildman–Crippen LogP) is 1.94. The van der Waals surface area contributed by atoms with Gasteiger partial charge in [0.1, 0.15) is 10.6 Å². The molecule has 3 aromatic rings. The van der Waals surface area contributed by atoms with E-state index in [1.54, 1.807) is 31.3 Å². The van der Waals surface area contributed by atoms with Gasteiger partial charge in [0, 0.05) is 6.20 Å². The van der Waals surface area contributed by atoms with Crippen LogP contribution < -0.4 is 10.9 Å². The van der Waals surface area contributed by atoms with Gasteiger partial charge in [-0.3, -0.25) is 9.59 Å². The Kier molecular flexibility index (Phi) is 3.03. The molecule has 20 heavy (non-hydrogen) atoms. The summed E-state index contributed by atoms with van der Waals surface area (Å²) in [7, 11) is 0. The number of aromatic amines is 1. The van der Waals surface area contributed by atoms with Crippen LogP contribution in [0.25, 0.3) is 10.2 Å². The maximum atomic E-state index is 12.2. The highest BCUT2D eigenvalue weighted by Gasteiger charge is 2.18. The number of aryl methyl sites for hydroxylation is 1. The standard InChI is InChI=1S/C13H10N4O2S/c1-7-9-11(18)15-6-16-13(9)20-10(7)12(19)17-8-4-2-3-5-14-8/h2-6H,1H3,(H,14,17,19)(H,15,16,18). The number of nitrogens with one attached hydrogen (secondary N) is 2. The molecule has 0 fully saturated rings. The second-order valence-corrected chi connectivity index (χ2v) is 5.14. The largest absolute Gasteiger partial charge is 0.313 e. The van der Waals surface area contributed by atoms with Crippen molar-refractivity contribution in [2.45, 2.75) is 6.92 Å². The lowest BCUT2D eigenvalue weighted by atomic mass is 10.2. The molecule has 7 heteroatoms. The number of fused-ring (bicyclic) bond motifs is 1. The molecule has 0 aliphatic rings. The summed E-state index contributed by atoms with van der Waals surface area (Å²) in [6.45, 7) is 1.74. The third-order valence-corrected chi connectivity index (χ3v) is 4.04. The summed E-state index contributed by atoms with van der Waals surface area (Å²) in [5.74, 6) is 0.180. The number of carbonyl (C=O) groups is 1. The van der Waals surface area contributed by atoms with E-state index in [2.05, 4.69) is 20.3 Å². The Morgan fingerprint density at radius 1 is 1.35 bits per heavy atom. The number of pyridine rings is 1. The molecule has 0 spiro atoms. The molecule has 100 valence electrons. The zero-order valence-electron chi connectivity index (χ0n) is 10.5. The molecule has 3 heterocycles. The first kappa shape index (κ1) is 12.5. The summed E-state index contributed by atoms with van der Waals surface area (Å²) in [5, 5.41) is 3.16. The molecular formula is C13H10N4O2S. The van der Waals surface area contributed by atoms with Crippen LogP contribution >= 0.6 is 11.3 Å². The molecule has 3 rings (SSSR count). The number of carbonyl (C=O) groups excluding carboxylic acids is 1. The minimum absolute atomic E-state index is 0.236. The molecular weight excluding hydrogens is 276 g/mol. The zero-order chi connectivity index (χ0) is 14.1. The molecule has 0 unspecified atom stereocenters. The van der Waals surface area contributed by atoms with Crippen LogP contribution in [0.5, 0.6) is 0 Å². The molecule has 1 amide bonds. The lowest BCUT2D eigenvalue weighted by Gasteiger charge is -2.02. The number of thiophene rings is 1. The number of hydrogen-bond acceptors (Lipinski definition) is 5. The molecule has 0 aliphatic carbocycles. The van der Waals surface area contributed by atoms with Gasteiger partial charge in [0.15, 0.2) is 0 Å². The normalized spacial score (nSPS) is 10.7. The fourth-order valence-electron chi connectivity index (χ4n) is 1.90. The molecule has 0 saturated heterocycles. The Hall–Kier alpha value is -2.54. The Morgan fingerprint density at radius 2 is 2.20 bits per heavy atom. The van der Waals surface area contributed by atoms with Crippen molar-refractivity contribution in [3.63, 3.8) is 0 Å². The first-order chi connectivity index (χ1) is 9.66. The average Bonchev–Trinajstić information content (AvgIpc) is 2.79. The molecule has 2 N–H and O–H groups in total. The van der Waals surface area contributed by atoms with E-state index in [0.29, 0.717) is 26.5 Å². The van der Waals surface area contributed by atoms with E-state index in [-0.39, 0.29) is 11.5 Å². The van der Waals surface area contributed by atoms with Gasteiger partial charge in [0.05, 0.1) is 16.6 Å². The van der Waals surface area contributed by atoms with Gasteiger partial charge >= 0.3 is 0 Å². The third-order valence-electron chi connectivity index (χ3n) is 2.85. The summed E-state index contributed by atoms with van der Waals surface area (Å²) >= 11 is 1.19. The summed E-state index contributed by atoms with van der Waals surface area (Å²) < 4.78 is 0. The van der Waals surface area contributed by atoms with Crippen LogP contribution in [-0.2, 0) is 0 Å². The van der Waals surface area contributed by atoms with E-state index >= 15 is 0 Å². The van der Waals surface area contributed by atoms with Crippen molar-refractivity contribution in [3.8, 4) is 0 Å². The van der Waals surface area contributed by atoms with Crippen LogP contribution in [0.2, 0.25) is 0 Å². The van der Waals surface area contributed by atoms with Crippen LogP contribution in [0, 0.1) is 6.92 Å². The average molecular weight is 286 g/mol. The Bertz CT molecular complexity index is 838. The Morgan fingerprint density at radius 3 is 2.90 bits per heavy atom. The van der Waals surface area contributed by atoms with Gasteiger partial charge < -0.3 is 10.3 Å². The molecule has 0 aromatic carbocycles. The van der Waals surface area contributed by atoms with Crippen LogP contribution in [0.15, 0.2) is 35.5 Å². The molecule has 3 aromatic heterocycles. The second-order valence-electron chi connectivity index (χ2n) is 4.14. The van der Waals surface area contributed by atoms with Crippen LogP contribution in [-0.4, -0.2) is 20.9 Å². The van der Waals surface area contributed by atoms with Gasteiger partial charge in [-0.2, -0.15) is 0 Å². The highest BCUT2D eigenvalue weighted by Crippen LogP contribution is 2.26. The van der Waals surface area contributed by atoms with E-state index < -0.39 is 0 Å². The summed E-state index contributed by atoms with van der Waals surface area (Å²) in [6, 6.07) is 5.25. The van der Waals surface area contributed by atoms with Crippen molar-refractivity contribution in [3.05, 3.63) is 51.5 Å². The first-order valence-electron chi connectivity index (χ1n) is 5.86. The van der Waals surface area contributed by atoms with Crippen molar-refractivity contribution in [1.29, 1.82) is 0 Å². The lowest BCUT2D eigenvalue weighted by molar-refractivity contribution is 0.102. The van der Waals surface area contributed by atoms with Gasteiger partial charge in [-0.15, -0.1) is 11.3 Å². The van der Waals surface area contributed by atoms with Gasteiger partial charge in [-0.05, 0) is 24.6 Å². The van der Waals surface area contributed by atoms with Gasteiger partial charge in [-0.1, -0.05) is 6.07 Å². The summed E-state index contributed by atoms with van der Waals surface area (Å²) in [6.07, 6.45) is 2.93. The molecule has 0 bridgehead atoms. The molecule has 0 atom stereocenters. The van der Waals surface area contributed by atoms with E-state index in [0.717, 1.165) is 0 Å². The van der Waals surface area contributed by atoms with Crippen molar-refractivity contribution in [2.75, 3.05) is 5.32 Å². The van der Waals surface area contributed by atoms with Crippen molar-refractivity contribution < 1.29 is 4.79 Å². The lowest BCUT2D eigenvalue weighted by Crippen LogP contribution is -2.13. The molecule has 0 radical (unpaired) electrons. The zero-order valence-corrected chi connectivity index (χ0v) is 11.3. The van der Waals surface area contributed by atoms with Gasteiger partial charge in [0.2, 0.25) is 0 Å². The molecule has 6 nitrogen and oxygen atoms in total. The van der Waals surface area contributed by atoms with E-state index in [4.69, 9.17) is 0 Å². The topological polar surface area (TPSA) is 87.7 Å². The number of amides is 1. The van der Waals surface area contributed by atoms with Crippen LogP contribution in [0.4, 0.5) is 5.82 Å². The number of H-pyrrole nitrogens is 1. The van der Waals surface area contributed by atoms with Crippen molar-refractivity contribution in [1.82, 2.24) is 15.0 Å². The first-order valence-corrected chi connectivity index (χ1v) is 6.67. The number of anilines is 1. The van der Waals surface area contributed by atoms with Crippen LogP contribution in [0.3, 0.4) is 0 Å². The Balaban J connectivity index is 2.02. The third kappa shape index (κ3) is 2.08. The monoisotopic (exact) mass is 286 g/mol. The van der Waals surface area contributed by atoms with Crippen molar-refractivity contribution >= 4 is 33.3 Å². The van der Waals surface area contributed by atoms with Gasteiger partial charge in [0.25, 0.3) is 11.5 Å². The quantitative estimate of drug-likeness (QED) is 0.753. The minimum atomic E-state index is -0.288. The highest BCUT2D eigenvalue weighted by atomic mass is 32.1. The molecule has 0 saturated carbocycles. The van der Waals surface area contributed by atoms with Crippen molar-refractivity contribution in [2.24, 2.45) is 0 Å². The smallest absolute Gasteiger partial charge is 0.267 e. The second kappa shape index (κ2) is 4.86. The number of nitrogens with zero attached hydrogens (tertiary/aromatic N) is 2. The summed E-state index contributed by atoms with van der Waals surface area (Å²) in [4.78, 5) is 35.6. The SMILES string of the molecule is Cc1c(C(=O)Nc2ccccn2)sc2nc[nH]c(=O)c12. The fourth-order valence-corrected chi connectivity index (χ4v) is 2.95. The number of hydrogen-bond donors (Lipinski definition) is 2. The number of rotatable bonds is 2. The number of aromatic nitrogens is 3.